The lowest BCUT2D eigenvalue weighted by molar-refractivity contribution is 0.189. The van der Waals surface area contributed by atoms with Crippen LogP contribution in [0.3, 0.4) is 0 Å². The molecule has 0 unspecified atom stereocenters. The molecule has 0 aromatic heterocycles. The van der Waals surface area contributed by atoms with Gasteiger partial charge in [0.2, 0.25) is 0 Å². The predicted octanol–water partition coefficient (Wildman–Crippen LogP) is 3.52. The molecule has 2 atom stereocenters. The normalized spacial score (nSPS) is 34.2. The Labute approximate surface area is 105 Å². The molecule has 1 N–H and O–H groups in total. The van der Waals surface area contributed by atoms with E-state index >= 15 is 0 Å². The van der Waals surface area contributed by atoms with Crippen molar-refractivity contribution in [1.82, 2.24) is 5.32 Å². The molecule has 0 saturated carbocycles. The molecular weight excluding hydrogens is 237 g/mol. The van der Waals surface area contributed by atoms with Crippen molar-refractivity contribution in [3.05, 3.63) is 0 Å². The Balaban J connectivity index is 2.92. The van der Waals surface area contributed by atoms with Crippen LogP contribution in [0.2, 0.25) is 0 Å². The van der Waals surface area contributed by atoms with Crippen LogP contribution in [0.15, 0.2) is 0 Å². The van der Waals surface area contributed by atoms with Crippen LogP contribution in [0.4, 0.5) is 0 Å². The van der Waals surface area contributed by atoms with E-state index in [9.17, 15) is 4.57 Å². The SMILES string of the molecule is CCOP(=O)(OCC)[C@]1(C)CC[C@@](C)(CC)N1. The summed E-state index contributed by atoms with van der Waals surface area (Å²) in [5, 5.41) is 2.94. The van der Waals surface area contributed by atoms with Crippen LogP contribution < -0.4 is 5.32 Å². The van der Waals surface area contributed by atoms with Gasteiger partial charge in [-0.25, -0.2) is 0 Å². The van der Waals surface area contributed by atoms with E-state index in [0.717, 1.165) is 19.3 Å². The van der Waals surface area contributed by atoms with Gasteiger partial charge in [0.05, 0.1) is 13.2 Å². The molecule has 0 radical (unpaired) electrons. The largest absolute Gasteiger partial charge is 0.350 e. The second kappa shape index (κ2) is 5.40. The van der Waals surface area contributed by atoms with Crippen molar-refractivity contribution in [2.75, 3.05) is 13.2 Å². The maximum atomic E-state index is 12.8. The zero-order chi connectivity index (χ0) is 13.2. The Morgan fingerprint density at radius 3 is 2.00 bits per heavy atom. The molecule has 102 valence electrons. The monoisotopic (exact) mass is 263 g/mol. The first-order chi connectivity index (χ1) is 7.85. The molecule has 0 amide bonds. The first-order valence-electron chi connectivity index (χ1n) is 6.53. The molecule has 1 fully saturated rings. The molecule has 0 aromatic carbocycles. The lowest BCUT2D eigenvalue weighted by Gasteiger charge is -2.35. The van der Waals surface area contributed by atoms with E-state index in [1.54, 1.807) is 0 Å². The van der Waals surface area contributed by atoms with Gasteiger partial charge in [-0.2, -0.15) is 0 Å². The third-order valence-electron chi connectivity index (χ3n) is 3.72. The summed E-state index contributed by atoms with van der Waals surface area (Å²) in [4.78, 5) is 0. The second-order valence-electron chi connectivity index (χ2n) is 5.15. The van der Waals surface area contributed by atoms with Crippen molar-refractivity contribution in [3.63, 3.8) is 0 Å². The number of hydrogen-bond donors (Lipinski definition) is 1. The summed E-state index contributed by atoms with van der Waals surface area (Å²) in [6.45, 7) is 10.8. The van der Waals surface area contributed by atoms with Crippen molar-refractivity contribution in [3.8, 4) is 0 Å². The third kappa shape index (κ3) is 2.93. The van der Waals surface area contributed by atoms with Gasteiger partial charge in [0.1, 0.15) is 5.28 Å². The molecule has 0 aliphatic carbocycles. The second-order valence-corrected chi connectivity index (χ2v) is 7.64. The summed E-state index contributed by atoms with van der Waals surface area (Å²) in [7, 11) is -3.08. The van der Waals surface area contributed by atoms with Crippen LogP contribution in [0.25, 0.3) is 0 Å². The van der Waals surface area contributed by atoms with E-state index in [1.807, 2.05) is 20.8 Å². The summed E-state index contributed by atoms with van der Waals surface area (Å²) >= 11 is 0. The van der Waals surface area contributed by atoms with Gasteiger partial charge < -0.3 is 9.05 Å². The third-order valence-corrected chi connectivity index (χ3v) is 6.46. The Kier molecular flexibility index (Phi) is 4.81. The first-order valence-corrected chi connectivity index (χ1v) is 8.07. The minimum atomic E-state index is -3.08. The molecule has 0 aromatic rings. The van der Waals surface area contributed by atoms with Crippen molar-refractivity contribution in [2.24, 2.45) is 0 Å². The highest BCUT2D eigenvalue weighted by atomic mass is 31.2. The van der Waals surface area contributed by atoms with E-state index in [4.69, 9.17) is 9.05 Å². The highest BCUT2D eigenvalue weighted by Crippen LogP contribution is 2.63. The van der Waals surface area contributed by atoms with Gasteiger partial charge in [-0.1, -0.05) is 6.92 Å². The minimum absolute atomic E-state index is 0.0403. The maximum Gasteiger partial charge on any atom is 0.350 e. The number of nitrogens with one attached hydrogen (secondary N) is 1. The van der Waals surface area contributed by atoms with Crippen LogP contribution in [0.1, 0.15) is 53.9 Å². The van der Waals surface area contributed by atoms with Crippen molar-refractivity contribution >= 4 is 7.60 Å². The van der Waals surface area contributed by atoms with Crippen molar-refractivity contribution < 1.29 is 13.6 Å². The molecule has 1 aliphatic rings. The summed E-state index contributed by atoms with van der Waals surface area (Å²) < 4.78 is 23.8. The van der Waals surface area contributed by atoms with Gasteiger partial charge in [0.25, 0.3) is 0 Å². The van der Waals surface area contributed by atoms with E-state index in [1.165, 1.54) is 0 Å². The molecular formula is C12H26NO3P. The van der Waals surface area contributed by atoms with Crippen LogP contribution >= 0.6 is 7.60 Å². The Morgan fingerprint density at radius 2 is 1.65 bits per heavy atom. The van der Waals surface area contributed by atoms with Crippen LogP contribution in [0.5, 0.6) is 0 Å². The maximum absolute atomic E-state index is 12.8. The molecule has 1 heterocycles. The average Bonchev–Trinajstić information content (AvgIpc) is 2.58. The minimum Gasteiger partial charge on any atom is -0.308 e. The molecule has 1 aliphatic heterocycles. The van der Waals surface area contributed by atoms with Gasteiger partial charge in [-0.05, 0) is 47.0 Å². The van der Waals surface area contributed by atoms with E-state index in [2.05, 4.69) is 19.2 Å². The zero-order valence-corrected chi connectivity index (χ0v) is 12.6. The standard InChI is InChI=1S/C12H26NO3P/c1-6-11(4)9-10-12(5,13-11)17(14,15-7-2)16-8-3/h13H,6-10H2,1-5H3/t11-,12-/m1/s1. The lowest BCUT2D eigenvalue weighted by Crippen LogP contribution is -2.47. The fraction of sp³-hybridized carbons (Fsp3) is 1.00. The predicted molar refractivity (Wildman–Crippen MR) is 70.3 cm³/mol. The molecule has 0 bridgehead atoms. The Hall–Kier alpha value is 0.110. The van der Waals surface area contributed by atoms with Crippen molar-refractivity contribution in [1.29, 1.82) is 0 Å². The summed E-state index contributed by atoms with van der Waals surface area (Å²) in [5.41, 5.74) is 0.0403. The topological polar surface area (TPSA) is 47.6 Å². The molecule has 5 heteroatoms. The summed E-state index contributed by atoms with van der Waals surface area (Å²) in [6, 6.07) is 0. The van der Waals surface area contributed by atoms with Gasteiger partial charge >= 0.3 is 7.60 Å². The number of rotatable bonds is 6. The smallest absolute Gasteiger partial charge is 0.308 e. The van der Waals surface area contributed by atoms with Gasteiger partial charge in [0, 0.05) is 5.54 Å². The quantitative estimate of drug-likeness (QED) is 0.745. The average molecular weight is 263 g/mol. The Bertz CT molecular complexity index is 300. The molecule has 1 saturated heterocycles. The summed E-state index contributed by atoms with van der Waals surface area (Å²) in [6.07, 6.45) is 2.85. The van der Waals surface area contributed by atoms with E-state index < -0.39 is 12.9 Å². The van der Waals surface area contributed by atoms with Crippen LogP contribution in [-0.2, 0) is 13.6 Å². The molecule has 0 spiro atoms. The fourth-order valence-corrected chi connectivity index (χ4v) is 4.54. The zero-order valence-electron chi connectivity index (χ0n) is 11.7. The Morgan fingerprint density at radius 1 is 1.12 bits per heavy atom. The molecule has 1 rings (SSSR count). The highest BCUT2D eigenvalue weighted by molar-refractivity contribution is 7.55. The highest BCUT2D eigenvalue weighted by Gasteiger charge is 2.54. The van der Waals surface area contributed by atoms with Gasteiger partial charge in [-0.15, -0.1) is 0 Å². The molecule has 17 heavy (non-hydrogen) atoms. The van der Waals surface area contributed by atoms with Crippen LogP contribution in [0, 0.1) is 0 Å². The summed E-state index contributed by atoms with van der Waals surface area (Å²) in [5.74, 6) is 0. The van der Waals surface area contributed by atoms with Crippen molar-refractivity contribution in [2.45, 2.75) is 64.7 Å². The van der Waals surface area contributed by atoms with E-state index in [0.29, 0.717) is 13.2 Å². The molecule has 4 nitrogen and oxygen atoms in total. The van der Waals surface area contributed by atoms with Crippen LogP contribution in [-0.4, -0.2) is 24.0 Å². The van der Waals surface area contributed by atoms with Gasteiger partial charge in [0.15, 0.2) is 0 Å². The van der Waals surface area contributed by atoms with E-state index in [-0.39, 0.29) is 5.54 Å². The van der Waals surface area contributed by atoms with Gasteiger partial charge in [-0.3, -0.25) is 9.88 Å². The first kappa shape index (κ1) is 15.2. The number of hydrogen-bond acceptors (Lipinski definition) is 4. The fourth-order valence-electron chi connectivity index (χ4n) is 2.43. The lowest BCUT2D eigenvalue weighted by atomic mass is 9.97.